The van der Waals surface area contributed by atoms with Gasteiger partial charge in [-0.25, -0.2) is 0 Å². The number of hydrogen-bond acceptors (Lipinski definition) is 4. The molecule has 5 unspecified atom stereocenters. The van der Waals surface area contributed by atoms with Gasteiger partial charge in [0.1, 0.15) is 6.10 Å². The number of fused-ring (bicyclic) bond motifs is 2. The molecule has 0 spiro atoms. The summed E-state index contributed by atoms with van der Waals surface area (Å²) in [7, 11) is 1.80. The molecule has 0 radical (unpaired) electrons. The highest BCUT2D eigenvalue weighted by molar-refractivity contribution is 5.80. The van der Waals surface area contributed by atoms with Gasteiger partial charge in [-0.2, -0.15) is 5.10 Å². The Bertz CT molecular complexity index is 770. The minimum atomic E-state index is -0.903. The van der Waals surface area contributed by atoms with Crippen LogP contribution in [-0.4, -0.2) is 51.3 Å². The molecule has 3 N–H and O–H groups in total. The second-order valence-electron chi connectivity index (χ2n) is 9.69. The zero-order valence-electron chi connectivity index (χ0n) is 21.5. The summed E-state index contributed by atoms with van der Waals surface area (Å²) in [6.07, 6.45) is 9.29. The van der Waals surface area contributed by atoms with Crippen molar-refractivity contribution in [2.24, 2.45) is 11.3 Å². The fourth-order valence-electron chi connectivity index (χ4n) is 5.16. The summed E-state index contributed by atoms with van der Waals surface area (Å²) in [4.78, 5) is 14.0. The molecule has 1 fully saturated rings. The van der Waals surface area contributed by atoms with Crippen LogP contribution < -0.4 is 5.32 Å². The number of nitrogens with zero attached hydrogens (tertiary/aromatic N) is 2. The van der Waals surface area contributed by atoms with E-state index in [0.29, 0.717) is 23.8 Å². The van der Waals surface area contributed by atoms with E-state index in [1.165, 1.54) is 23.4 Å². The summed E-state index contributed by atoms with van der Waals surface area (Å²) < 4.78 is 0. The molecule has 182 valence electrons. The quantitative estimate of drug-likeness (QED) is 0.593. The summed E-state index contributed by atoms with van der Waals surface area (Å²) >= 11 is 0. The topological polar surface area (TPSA) is 81.2 Å². The van der Waals surface area contributed by atoms with Crippen molar-refractivity contribution in [3.05, 3.63) is 29.1 Å². The van der Waals surface area contributed by atoms with E-state index < -0.39 is 6.10 Å². The third-order valence-electron chi connectivity index (χ3n) is 7.05. The van der Waals surface area contributed by atoms with Crippen molar-refractivity contribution in [3.63, 3.8) is 0 Å². The number of aromatic nitrogens is 2. The van der Waals surface area contributed by atoms with Gasteiger partial charge in [-0.3, -0.25) is 9.89 Å². The van der Waals surface area contributed by atoms with E-state index in [9.17, 15) is 9.90 Å². The number of amides is 1. The first kappa shape index (κ1) is 26.6. The lowest BCUT2D eigenvalue weighted by molar-refractivity contribution is -0.140. The summed E-state index contributed by atoms with van der Waals surface area (Å²) in [5, 5.41) is 21.7. The molecule has 1 aromatic heterocycles. The van der Waals surface area contributed by atoms with E-state index in [2.05, 4.69) is 36.4 Å². The molecular weight excluding hydrogens is 400 g/mol. The average Bonchev–Trinajstić information content (AvgIpc) is 3.42. The standard InChI is InChI=1S/C22H34N4O2.2C2H6/c1-5-19(27)21(28)26(4)14-7-6-13-10-17(23-16(13)11-14)20-15-8-9-22(2,3)12-18(15)24-25-20;2*1-2/h6-7,13-14,16-17,19,23,27H,5,8-12H2,1-4H3,(H,24,25);2*1-2H3. The second-order valence-corrected chi connectivity index (χ2v) is 9.69. The van der Waals surface area contributed by atoms with Crippen molar-refractivity contribution in [1.29, 1.82) is 0 Å². The molecule has 1 aromatic rings. The highest BCUT2D eigenvalue weighted by atomic mass is 16.3. The van der Waals surface area contributed by atoms with Crippen LogP contribution in [-0.2, 0) is 17.6 Å². The van der Waals surface area contributed by atoms with Crippen LogP contribution in [0.5, 0.6) is 0 Å². The fourth-order valence-corrected chi connectivity index (χ4v) is 5.16. The van der Waals surface area contributed by atoms with Crippen LogP contribution in [0.1, 0.15) is 97.1 Å². The lowest BCUT2D eigenvalue weighted by atomic mass is 9.76. The van der Waals surface area contributed by atoms with E-state index in [0.717, 1.165) is 25.7 Å². The summed E-state index contributed by atoms with van der Waals surface area (Å²) in [6.45, 7) is 14.5. The van der Waals surface area contributed by atoms with Gasteiger partial charge in [0.15, 0.2) is 0 Å². The van der Waals surface area contributed by atoms with Crippen LogP contribution in [0.25, 0.3) is 0 Å². The van der Waals surface area contributed by atoms with Crippen molar-refractivity contribution in [2.45, 2.75) is 111 Å². The highest BCUT2D eigenvalue weighted by Crippen LogP contribution is 2.41. The maximum Gasteiger partial charge on any atom is 0.251 e. The number of nitrogens with one attached hydrogen (secondary N) is 2. The first-order valence-electron chi connectivity index (χ1n) is 12.7. The van der Waals surface area contributed by atoms with Crippen LogP contribution in [0.2, 0.25) is 0 Å². The van der Waals surface area contributed by atoms with Gasteiger partial charge in [-0.1, -0.05) is 60.6 Å². The Morgan fingerprint density at radius 1 is 1.25 bits per heavy atom. The monoisotopic (exact) mass is 446 g/mol. The molecule has 4 rings (SSSR count). The number of aromatic amines is 1. The molecule has 2 aliphatic carbocycles. The van der Waals surface area contributed by atoms with E-state index >= 15 is 0 Å². The molecule has 32 heavy (non-hydrogen) atoms. The van der Waals surface area contributed by atoms with Crippen LogP contribution in [0.3, 0.4) is 0 Å². The molecule has 0 bridgehead atoms. The van der Waals surface area contributed by atoms with Crippen molar-refractivity contribution in [2.75, 3.05) is 7.05 Å². The predicted octanol–water partition coefficient (Wildman–Crippen LogP) is 4.55. The Morgan fingerprint density at radius 3 is 2.59 bits per heavy atom. The lowest BCUT2D eigenvalue weighted by Crippen LogP contribution is -2.46. The maximum absolute atomic E-state index is 12.3. The zero-order valence-corrected chi connectivity index (χ0v) is 21.5. The first-order chi connectivity index (χ1) is 15.3. The number of hydrogen-bond donors (Lipinski definition) is 3. The predicted molar refractivity (Wildman–Crippen MR) is 131 cm³/mol. The third-order valence-corrected chi connectivity index (χ3v) is 7.05. The molecule has 6 nitrogen and oxygen atoms in total. The average molecular weight is 447 g/mol. The van der Waals surface area contributed by atoms with E-state index in [1.807, 2.05) is 34.6 Å². The normalized spacial score (nSPS) is 28.3. The van der Waals surface area contributed by atoms with Crippen molar-refractivity contribution in [1.82, 2.24) is 20.4 Å². The number of likely N-dealkylation sites (N-methyl/N-ethyl adjacent to an activating group) is 1. The number of rotatable bonds is 4. The Labute approximate surface area is 195 Å². The molecule has 0 saturated carbocycles. The van der Waals surface area contributed by atoms with Gasteiger partial charge in [-0.05, 0) is 55.4 Å². The number of carbonyl (C=O) groups excluding carboxylic acids is 1. The Hall–Kier alpha value is -1.66. The SMILES string of the molecule is CC.CC.CCC(O)C(=O)N(C)C1C=CC2CC(c3n[nH]c4c3CCC(C)(C)C4)NC2C1. The lowest BCUT2D eigenvalue weighted by Gasteiger charge is -2.34. The highest BCUT2D eigenvalue weighted by Gasteiger charge is 2.40. The van der Waals surface area contributed by atoms with Gasteiger partial charge in [0.2, 0.25) is 0 Å². The van der Waals surface area contributed by atoms with E-state index in [1.54, 1.807) is 11.9 Å². The largest absolute Gasteiger partial charge is 0.383 e. The van der Waals surface area contributed by atoms with Gasteiger partial charge < -0.3 is 15.3 Å². The van der Waals surface area contributed by atoms with Crippen molar-refractivity contribution >= 4 is 5.91 Å². The Morgan fingerprint density at radius 2 is 1.94 bits per heavy atom. The maximum atomic E-state index is 12.3. The Kier molecular flexibility index (Phi) is 9.53. The van der Waals surface area contributed by atoms with Gasteiger partial charge in [0.05, 0.1) is 17.8 Å². The van der Waals surface area contributed by atoms with Gasteiger partial charge in [0, 0.05) is 18.8 Å². The molecule has 1 saturated heterocycles. The van der Waals surface area contributed by atoms with E-state index in [4.69, 9.17) is 5.10 Å². The number of H-pyrrole nitrogens is 1. The first-order valence-corrected chi connectivity index (χ1v) is 12.7. The summed E-state index contributed by atoms with van der Waals surface area (Å²) in [6, 6.07) is 0.665. The third kappa shape index (κ3) is 5.63. The molecule has 6 heteroatoms. The van der Waals surface area contributed by atoms with Crippen molar-refractivity contribution < 1.29 is 9.90 Å². The van der Waals surface area contributed by atoms with Crippen LogP contribution in [0.4, 0.5) is 0 Å². The number of aliphatic hydroxyl groups is 1. The minimum Gasteiger partial charge on any atom is -0.383 e. The molecule has 1 aliphatic heterocycles. The molecule has 5 atom stereocenters. The van der Waals surface area contributed by atoms with Gasteiger partial charge in [-0.15, -0.1) is 0 Å². The number of carbonyl (C=O) groups is 1. The zero-order chi connectivity index (χ0) is 24.1. The van der Waals surface area contributed by atoms with Gasteiger partial charge >= 0.3 is 0 Å². The van der Waals surface area contributed by atoms with Crippen LogP contribution in [0.15, 0.2) is 12.2 Å². The minimum absolute atomic E-state index is 0.0371. The molecule has 1 amide bonds. The van der Waals surface area contributed by atoms with Crippen LogP contribution >= 0.6 is 0 Å². The molecule has 2 heterocycles. The Balaban J connectivity index is 0.000000860. The smallest absolute Gasteiger partial charge is 0.251 e. The van der Waals surface area contributed by atoms with Crippen LogP contribution in [0, 0.1) is 11.3 Å². The van der Waals surface area contributed by atoms with Gasteiger partial charge in [0.25, 0.3) is 5.91 Å². The molecule has 3 aliphatic rings. The molecular formula is C26H46N4O2. The summed E-state index contributed by atoms with van der Waals surface area (Å²) in [5.41, 5.74) is 4.30. The second kappa shape index (κ2) is 11.5. The summed E-state index contributed by atoms with van der Waals surface area (Å²) in [5.74, 6) is 0.294. The number of aliphatic hydroxyl groups excluding tert-OH is 1. The van der Waals surface area contributed by atoms with Crippen molar-refractivity contribution in [3.8, 4) is 0 Å². The molecule has 0 aromatic carbocycles. The fraction of sp³-hybridized carbons (Fsp3) is 0.769. The van der Waals surface area contributed by atoms with E-state index in [-0.39, 0.29) is 18.0 Å².